The van der Waals surface area contributed by atoms with Crippen molar-refractivity contribution in [3.8, 4) is 0 Å². The molecule has 0 aromatic rings. The first-order valence-electron chi connectivity index (χ1n) is 20.8. The Morgan fingerprint density at radius 1 is 0.722 bits per heavy atom. The lowest BCUT2D eigenvalue weighted by Crippen LogP contribution is -2.72. The van der Waals surface area contributed by atoms with Gasteiger partial charge >= 0.3 is 0 Å². The van der Waals surface area contributed by atoms with Gasteiger partial charge in [-0.1, -0.05) is 60.6 Å². The molecule has 0 aromatic heterocycles. The fourth-order valence-electron chi connectivity index (χ4n) is 14.3. The van der Waals surface area contributed by atoms with E-state index in [1.807, 2.05) is 0 Å². The minimum Gasteiger partial charge on any atom is -0.394 e. The largest absolute Gasteiger partial charge is 0.394 e. The predicted molar refractivity (Wildman–Crippen MR) is 195 cm³/mol. The van der Waals surface area contributed by atoms with Crippen LogP contribution in [0.2, 0.25) is 0 Å². The molecule has 0 amide bonds. The lowest BCUT2D eigenvalue weighted by atomic mass is 9.32. The first-order valence-corrected chi connectivity index (χ1v) is 20.8. The number of hydrogen-bond acceptors (Lipinski definition) is 12. The monoisotopic (exact) mass is 764 g/mol. The molecule has 7 fully saturated rings. The first-order chi connectivity index (χ1) is 25.1. The van der Waals surface area contributed by atoms with Crippen molar-refractivity contribution >= 4 is 0 Å². The summed E-state index contributed by atoms with van der Waals surface area (Å²) in [5, 5.41) is 75.6. The number of hydrogen-bond donors (Lipinski definition) is 7. The Morgan fingerprint density at radius 2 is 1.43 bits per heavy atom. The number of aliphatic hydroxyl groups is 7. The topological polar surface area (TPSA) is 188 Å². The molecule has 3 saturated heterocycles. The van der Waals surface area contributed by atoms with Crippen LogP contribution in [0.1, 0.15) is 107 Å². The standard InChI is InChI=1S/C42H68O12/c1-21-28(45)33(54-34-31(48)30(47)29(46)22(19-43)52-34)32(49)35(51-21)53-27-11-12-38(6)23(37(27,4)5)9-13-39(7)24(38)10-14-42-25-17-36(2,3)15-16-41(25,20-50-42)26(44)18-40(39,42)8/h10,14,21-35,43-49H,9,11-13,15-20H2,1-8H3/t21-,22-,23+,24?,25+,26?,27?,28+,29-,30+,31-,32-,33+,34+,35+,38+,39-,40+,41-,42+/m1/s1. The highest BCUT2D eigenvalue weighted by Crippen LogP contribution is 2.79. The van der Waals surface area contributed by atoms with E-state index in [1.165, 1.54) is 0 Å². The van der Waals surface area contributed by atoms with Crippen LogP contribution in [0.15, 0.2) is 12.2 Å². The Hall–Kier alpha value is -0.740. The molecule has 4 saturated carbocycles. The molecule has 54 heavy (non-hydrogen) atoms. The van der Waals surface area contributed by atoms with Crippen molar-refractivity contribution in [2.75, 3.05) is 13.2 Å². The van der Waals surface area contributed by atoms with E-state index in [0.29, 0.717) is 12.5 Å². The zero-order chi connectivity index (χ0) is 39.2. The SMILES string of the molecule is C[C@H]1O[C@@H](OC2CC[C@]3(C)C4C=C[C@]56OC[C@@]7(CCC(C)(C)C[C@@H]75)C(O)C[C@@]6(C)[C@]4(C)CC[C@H]3C2(C)C)[C@H](O)[C@@H](O[C@@H]2O[C@H](CO)[C@@H](O)[C@H](O)[C@H]2O)[C@H]1O. The lowest BCUT2D eigenvalue weighted by molar-refractivity contribution is -0.366. The third-order valence-corrected chi connectivity index (χ3v) is 17.8. The fraction of sp³-hybridized carbons (Fsp3) is 0.952. The van der Waals surface area contributed by atoms with Crippen LogP contribution in [0.4, 0.5) is 0 Å². The van der Waals surface area contributed by atoms with E-state index < -0.39 is 73.6 Å². The summed E-state index contributed by atoms with van der Waals surface area (Å²) < 4.78 is 31.4. The van der Waals surface area contributed by atoms with Gasteiger partial charge in [-0.3, -0.25) is 0 Å². The summed E-state index contributed by atoms with van der Waals surface area (Å²) in [6.07, 6.45) is -1.83. The molecule has 8 aliphatic rings. The van der Waals surface area contributed by atoms with Crippen LogP contribution in [-0.2, 0) is 23.7 Å². The first kappa shape index (κ1) is 40.1. The molecular weight excluding hydrogens is 696 g/mol. The second kappa shape index (κ2) is 12.9. The Bertz CT molecular complexity index is 1470. The zero-order valence-electron chi connectivity index (χ0n) is 33.6. The van der Waals surface area contributed by atoms with Gasteiger partial charge in [0.15, 0.2) is 12.6 Å². The Balaban J connectivity index is 1.03. The molecular formula is C42H68O12. The average Bonchev–Trinajstić information content (AvgIpc) is 3.38. The van der Waals surface area contributed by atoms with Gasteiger partial charge in [0.05, 0.1) is 37.1 Å². The van der Waals surface area contributed by atoms with E-state index in [1.54, 1.807) is 6.92 Å². The van der Waals surface area contributed by atoms with Crippen LogP contribution in [-0.4, -0.2) is 128 Å². The second-order valence-electron chi connectivity index (χ2n) is 21.1. The van der Waals surface area contributed by atoms with Gasteiger partial charge < -0.3 is 59.4 Å². The molecule has 5 aliphatic carbocycles. The Kier molecular flexibility index (Phi) is 9.55. The van der Waals surface area contributed by atoms with Crippen molar-refractivity contribution in [2.24, 2.45) is 50.2 Å². The highest BCUT2D eigenvalue weighted by Gasteiger charge is 2.79. The molecule has 20 atom stereocenters. The molecule has 7 N–H and O–H groups in total. The maximum atomic E-state index is 12.1. The zero-order valence-corrected chi connectivity index (χ0v) is 33.6. The van der Waals surface area contributed by atoms with E-state index >= 15 is 0 Å². The van der Waals surface area contributed by atoms with Crippen LogP contribution < -0.4 is 0 Å². The molecule has 3 unspecified atom stereocenters. The second-order valence-corrected chi connectivity index (χ2v) is 21.1. The third kappa shape index (κ3) is 5.24. The van der Waals surface area contributed by atoms with Gasteiger partial charge in [-0.2, -0.15) is 0 Å². The number of rotatable bonds is 5. The molecule has 0 radical (unpaired) electrons. The smallest absolute Gasteiger partial charge is 0.187 e. The van der Waals surface area contributed by atoms with Gasteiger partial charge in [0, 0.05) is 16.7 Å². The van der Waals surface area contributed by atoms with Crippen molar-refractivity contribution in [1.29, 1.82) is 0 Å². The third-order valence-electron chi connectivity index (χ3n) is 17.8. The number of ether oxygens (including phenoxy) is 5. The average molecular weight is 765 g/mol. The minimum atomic E-state index is -1.69. The molecule has 0 aromatic carbocycles. The van der Waals surface area contributed by atoms with Crippen LogP contribution in [0, 0.1) is 50.2 Å². The van der Waals surface area contributed by atoms with Crippen molar-refractivity contribution in [1.82, 2.24) is 0 Å². The van der Waals surface area contributed by atoms with Gasteiger partial charge in [0.25, 0.3) is 0 Å². The van der Waals surface area contributed by atoms with E-state index in [9.17, 15) is 35.7 Å². The van der Waals surface area contributed by atoms with Gasteiger partial charge in [0.1, 0.15) is 42.7 Å². The summed E-state index contributed by atoms with van der Waals surface area (Å²) in [5.41, 5.74) is -1.08. The maximum absolute atomic E-state index is 12.1. The van der Waals surface area contributed by atoms with Crippen LogP contribution in [0.5, 0.6) is 0 Å². The predicted octanol–water partition coefficient (Wildman–Crippen LogP) is 2.80. The van der Waals surface area contributed by atoms with E-state index in [0.717, 1.165) is 51.4 Å². The van der Waals surface area contributed by atoms with Crippen molar-refractivity contribution < 1.29 is 59.4 Å². The maximum Gasteiger partial charge on any atom is 0.187 e. The summed E-state index contributed by atoms with van der Waals surface area (Å²) in [4.78, 5) is 0. The minimum absolute atomic E-state index is 0.0638. The van der Waals surface area contributed by atoms with Crippen molar-refractivity contribution in [3.05, 3.63) is 12.2 Å². The fourth-order valence-corrected chi connectivity index (χ4v) is 14.3. The normalized spacial score (nSPS) is 58.8. The van der Waals surface area contributed by atoms with Gasteiger partial charge in [-0.05, 0) is 91.8 Å². The van der Waals surface area contributed by atoms with E-state index in [2.05, 4.69) is 60.6 Å². The molecule has 3 aliphatic heterocycles. The van der Waals surface area contributed by atoms with Gasteiger partial charge in [-0.15, -0.1) is 0 Å². The summed E-state index contributed by atoms with van der Waals surface area (Å²) in [6, 6.07) is 0. The Morgan fingerprint density at radius 3 is 2.13 bits per heavy atom. The van der Waals surface area contributed by atoms with Crippen LogP contribution >= 0.6 is 0 Å². The number of fused-ring (bicyclic) bond motifs is 4. The van der Waals surface area contributed by atoms with Gasteiger partial charge in [-0.25, -0.2) is 0 Å². The van der Waals surface area contributed by atoms with Crippen molar-refractivity contribution in [2.45, 2.75) is 186 Å². The summed E-state index contributed by atoms with van der Waals surface area (Å²) >= 11 is 0. The van der Waals surface area contributed by atoms with E-state index in [-0.39, 0.29) is 56.5 Å². The van der Waals surface area contributed by atoms with E-state index in [4.69, 9.17) is 23.7 Å². The lowest BCUT2D eigenvalue weighted by Gasteiger charge is -2.73. The summed E-state index contributed by atoms with van der Waals surface area (Å²) in [5.74, 6) is 0.835. The highest BCUT2D eigenvalue weighted by molar-refractivity contribution is 5.36. The molecule has 12 nitrogen and oxygen atoms in total. The number of allylic oxidation sites excluding steroid dienone is 1. The quantitative estimate of drug-likeness (QED) is 0.161. The molecule has 308 valence electrons. The number of aliphatic hydroxyl groups excluding tert-OH is 7. The van der Waals surface area contributed by atoms with Crippen LogP contribution in [0.25, 0.3) is 0 Å². The van der Waals surface area contributed by atoms with Gasteiger partial charge in [0.2, 0.25) is 0 Å². The van der Waals surface area contributed by atoms with Crippen molar-refractivity contribution in [3.63, 3.8) is 0 Å². The molecule has 1 spiro atoms. The molecule has 2 bridgehead atoms. The summed E-state index contributed by atoms with van der Waals surface area (Å²) in [6.45, 7) is 18.3. The molecule has 8 rings (SSSR count). The molecule has 3 heterocycles. The molecule has 12 heteroatoms. The van der Waals surface area contributed by atoms with Crippen LogP contribution in [0.3, 0.4) is 0 Å². The Labute approximate surface area is 320 Å². The highest BCUT2D eigenvalue weighted by atomic mass is 16.7. The summed E-state index contributed by atoms with van der Waals surface area (Å²) in [7, 11) is 0.